The first-order chi connectivity index (χ1) is 9.19. The van der Waals surface area contributed by atoms with Gasteiger partial charge in [-0.15, -0.1) is 0 Å². The third kappa shape index (κ3) is 3.43. The molecule has 114 valence electrons. The van der Waals surface area contributed by atoms with Gasteiger partial charge in [-0.1, -0.05) is 0 Å². The van der Waals surface area contributed by atoms with E-state index in [1.165, 1.54) is 0 Å². The fourth-order valence-corrected chi connectivity index (χ4v) is 2.60. The predicted molar refractivity (Wildman–Crippen MR) is 65.7 cm³/mol. The summed E-state index contributed by atoms with van der Waals surface area (Å²) in [5.41, 5.74) is 0. The predicted octanol–water partition coefficient (Wildman–Crippen LogP) is 1.80. The molecule has 0 radical (unpaired) electrons. The van der Waals surface area contributed by atoms with Crippen LogP contribution in [0.15, 0.2) is 0 Å². The van der Waals surface area contributed by atoms with Gasteiger partial charge in [0, 0.05) is 25.0 Å². The smallest absolute Gasteiger partial charge is 0.339 e. The lowest BCUT2D eigenvalue weighted by Gasteiger charge is -2.27. The molecule has 2 fully saturated rings. The normalized spacial score (nSPS) is 23.6. The Labute approximate surface area is 115 Å². The summed E-state index contributed by atoms with van der Waals surface area (Å²) in [7, 11) is 0. The van der Waals surface area contributed by atoms with Crippen LogP contribution in [0, 0.1) is 5.92 Å². The molecule has 1 aliphatic carbocycles. The first-order valence-corrected chi connectivity index (χ1v) is 6.85. The number of carbonyl (C=O) groups is 2. The van der Waals surface area contributed by atoms with E-state index in [0.717, 1.165) is 4.90 Å². The molecule has 2 amide bonds. The number of hydrogen-bond acceptors (Lipinski definition) is 2. The van der Waals surface area contributed by atoms with E-state index in [2.05, 4.69) is 0 Å². The number of halogens is 3. The molecule has 0 spiro atoms. The molecule has 1 saturated heterocycles. The maximum absolute atomic E-state index is 12.6. The Hall–Kier alpha value is -1.27. The molecule has 1 saturated carbocycles. The van der Waals surface area contributed by atoms with Crippen LogP contribution in [-0.4, -0.2) is 53.0 Å². The van der Waals surface area contributed by atoms with Crippen LogP contribution in [0.1, 0.15) is 33.1 Å². The van der Waals surface area contributed by atoms with Crippen molar-refractivity contribution in [1.29, 1.82) is 0 Å². The summed E-state index contributed by atoms with van der Waals surface area (Å²) < 4.78 is 37.7. The maximum atomic E-state index is 12.6. The fourth-order valence-electron chi connectivity index (χ4n) is 2.60. The monoisotopic (exact) mass is 292 g/mol. The number of amides is 2. The molecule has 0 N–H and O–H groups in total. The molecule has 0 aromatic carbocycles. The average Bonchev–Trinajstić information content (AvgIpc) is 3.06. The minimum absolute atomic E-state index is 0.0259. The molecule has 4 nitrogen and oxygen atoms in total. The molecule has 1 unspecified atom stereocenters. The summed E-state index contributed by atoms with van der Waals surface area (Å²) in [5, 5.41) is 0. The van der Waals surface area contributed by atoms with Crippen LogP contribution in [0.25, 0.3) is 0 Å². The fraction of sp³-hybridized carbons (Fsp3) is 0.846. The van der Waals surface area contributed by atoms with Gasteiger partial charge in [-0.2, -0.15) is 13.2 Å². The standard InChI is InChI=1S/C13H19F3N2O2/c1-8(2)17-6-9(5-11(17)19)12(20)18(10-3-4-10)7-13(14,15)16/h8-10H,3-7H2,1-2H3. The van der Waals surface area contributed by atoms with Gasteiger partial charge < -0.3 is 9.80 Å². The number of carbonyl (C=O) groups excluding carboxylic acids is 2. The molecular weight excluding hydrogens is 273 g/mol. The number of alkyl halides is 3. The van der Waals surface area contributed by atoms with Gasteiger partial charge in [-0.25, -0.2) is 0 Å². The van der Waals surface area contributed by atoms with Crippen molar-refractivity contribution in [3.63, 3.8) is 0 Å². The summed E-state index contributed by atoms with van der Waals surface area (Å²) in [6.07, 6.45) is -3.12. The number of hydrogen-bond donors (Lipinski definition) is 0. The zero-order valence-electron chi connectivity index (χ0n) is 11.6. The molecule has 2 aliphatic rings. The second kappa shape index (κ2) is 5.26. The minimum Gasteiger partial charge on any atom is -0.339 e. The summed E-state index contributed by atoms with van der Waals surface area (Å²) in [4.78, 5) is 26.5. The minimum atomic E-state index is -4.39. The first-order valence-electron chi connectivity index (χ1n) is 6.85. The highest BCUT2D eigenvalue weighted by atomic mass is 19.4. The zero-order valence-corrected chi connectivity index (χ0v) is 11.6. The molecule has 1 aliphatic heterocycles. The number of nitrogens with zero attached hydrogens (tertiary/aromatic N) is 2. The van der Waals surface area contributed by atoms with Crippen molar-refractivity contribution in [3.8, 4) is 0 Å². The van der Waals surface area contributed by atoms with E-state index < -0.39 is 24.5 Å². The van der Waals surface area contributed by atoms with Crippen molar-refractivity contribution in [1.82, 2.24) is 9.80 Å². The van der Waals surface area contributed by atoms with Crippen LogP contribution in [0.2, 0.25) is 0 Å². The van der Waals surface area contributed by atoms with Crippen molar-refractivity contribution in [2.24, 2.45) is 5.92 Å². The summed E-state index contributed by atoms with van der Waals surface area (Å²) >= 11 is 0. The van der Waals surface area contributed by atoms with Crippen molar-refractivity contribution in [3.05, 3.63) is 0 Å². The van der Waals surface area contributed by atoms with Gasteiger partial charge in [0.25, 0.3) is 0 Å². The van der Waals surface area contributed by atoms with Gasteiger partial charge in [0.2, 0.25) is 11.8 Å². The molecular formula is C13H19F3N2O2. The Balaban J connectivity index is 2.04. The number of likely N-dealkylation sites (tertiary alicyclic amines) is 1. The molecule has 0 aromatic heterocycles. The van der Waals surface area contributed by atoms with Gasteiger partial charge in [0.05, 0.1) is 5.92 Å². The molecule has 2 rings (SSSR count). The Kier molecular flexibility index (Phi) is 3.97. The highest BCUT2D eigenvalue weighted by Crippen LogP contribution is 2.33. The summed E-state index contributed by atoms with van der Waals surface area (Å²) in [6.45, 7) is 2.69. The van der Waals surface area contributed by atoms with Crippen LogP contribution in [-0.2, 0) is 9.59 Å². The molecule has 0 aromatic rings. The molecule has 20 heavy (non-hydrogen) atoms. The number of rotatable bonds is 4. The van der Waals surface area contributed by atoms with Crippen LogP contribution in [0.5, 0.6) is 0 Å². The van der Waals surface area contributed by atoms with Crippen LogP contribution >= 0.6 is 0 Å². The molecule has 1 heterocycles. The van der Waals surface area contributed by atoms with E-state index in [9.17, 15) is 22.8 Å². The SMILES string of the molecule is CC(C)N1CC(C(=O)N(CC(F)(F)F)C2CC2)CC1=O. The van der Waals surface area contributed by atoms with E-state index in [4.69, 9.17) is 0 Å². The Morgan fingerprint density at radius 2 is 2.00 bits per heavy atom. The molecule has 1 atom stereocenters. The van der Waals surface area contributed by atoms with Crippen LogP contribution in [0.3, 0.4) is 0 Å². The lowest BCUT2D eigenvalue weighted by molar-refractivity contribution is -0.164. The van der Waals surface area contributed by atoms with Gasteiger partial charge >= 0.3 is 6.18 Å². The summed E-state index contributed by atoms with van der Waals surface area (Å²) in [5.74, 6) is -1.31. The van der Waals surface area contributed by atoms with Gasteiger partial charge in [0.15, 0.2) is 0 Å². The van der Waals surface area contributed by atoms with Crippen molar-refractivity contribution >= 4 is 11.8 Å². The largest absolute Gasteiger partial charge is 0.406 e. The Bertz CT molecular complexity index is 405. The molecule has 7 heteroatoms. The highest BCUT2D eigenvalue weighted by molar-refractivity contribution is 5.89. The lowest BCUT2D eigenvalue weighted by Crippen LogP contribution is -2.44. The van der Waals surface area contributed by atoms with E-state index in [1.54, 1.807) is 4.90 Å². The third-order valence-corrected chi connectivity index (χ3v) is 3.75. The molecule has 0 bridgehead atoms. The van der Waals surface area contributed by atoms with Crippen molar-refractivity contribution in [2.75, 3.05) is 13.1 Å². The third-order valence-electron chi connectivity index (χ3n) is 3.75. The van der Waals surface area contributed by atoms with Crippen LogP contribution < -0.4 is 0 Å². The van der Waals surface area contributed by atoms with Crippen molar-refractivity contribution in [2.45, 2.75) is 51.4 Å². The lowest BCUT2D eigenvalue weighted by atomic mass is 10.1. The second-order valence-electron chi connectivity index (χ2n) is 5.85. The van der Waals surface area contributed by atoms with E-state index in [0.29, 0.717) is 12.8 Å². The van der Waals surface area contributed by atoms with Gasteiger partial charge in [-0.05, 0) is 26.7 Å². The maximum Gasteiger partial charge on any atom is 0.406 e. The average molecular weight is 292 g/mol. The highest BCUT2D eigenvalue weighted by Gasteiger charge is 2.45. The Morgan fingerprint density at radius 1 is 1.40 bits per heavy atom. The van der Waals surface area contributed by atoms with E-state index in [-0.39, 0.29) is 31.0 Å². The van der Waals surface area contributed by atoms with E-state index >= 15 is 0 Å². The second-order valence-corrected chi connectivity index (χ2v) is 5.85. The topological polar surface area (TPSA) is 40.6 Å². The van der Waals surface area contributed by atoms with Gasteiger partial charge in [0.1, 0.15) is 6.54 Å². The Morgan fingerprint density at radius 3 is 2.40 bits per heavy atom. The first kappa shape index (κ1) is 15.1. The van der Waals surface area contributed by atoms with Crippen molar-refractivity contribution < 1.29 is 22.8 Å². The van der Waals surface area contributed by atoms with Crippen LogP contribution in [0.4, 0.5) is 13.2 Å². The van der Waals surface area contributed by atoms with Gasteiger partial charge in [-0.3, -0.25) is 9.59 Å². The quantitative estimate of drug-likeness (QED) is 0.792. The summed E-state index contributed by atoms with van der Waals surface area (Å²) in [6, 6.07) is -0.329. The van der Waals surface area contributed by atoms with E-state index in [1.807, 2.05) is 13.8 Å². The zero-order chi connectivity index (χ0) is 15.1.